The molecule has 3 N–H and O–H groups in total. The molecule has 2 atom stereocenters. The minimum absolute atomic E-state index is 0.102. The first kappa shape index (κ1) is 26.1. The highest BCUT2D eigenvalue weighted by atomic mass is 16.5. The molecule has 1 aliphatic heterocycles. The second kappa shape index (κ2) is 9.64. The van der Waals surface area contributed by atoms with Crippen molar-refractivity contribution in [3.05, 3.63) is 76.0 Å². The maximum Gasteiger partial charge on any atom is 0.163 e. The van der Waals surface area contributed by atoms with Gasteiger partial charge >= 0.3 is 0 Å². The zero-order valence-electron chi connectivity index (χ0n) is 22.4. The number of hydrogen-bond donors (Lipinski definition) is 2. The fourth-order valence-corrected chi connectivity index (χ4v) is 5.25. The largest absolute Gasteiger partial charge is 0.496 e. The van der Waals surface area contributed by atoms with Crippen molar-refractivity contribution < 1.29 is 24.2 Å². The zero-order chi connectivity index (χ0) is 27.2. The van der Waals surface area contributed by atoms with Gasteiger partial charge in [0.25, 0.3) is 0 Å². The molecule has 1 aliphatic carbocycles. The van der Waals surface area contributed by atoms with E-state index < -0.39 is 11.1 Å². The third-order valence-electron chi connectivity index (χ3n) is 7.71. The summed E-state index contributed by atoms with van der Waals surface area (Å²) in [6, 6.07) is 13.3. The number of aliphatic hydroxyl groups is 1. The van der Waals surface area contributed by atoms with Gasteiger partial charge in [-0.25, -0.2) is 4.98 Å². The van der Waals surface area contributed by atoms with Gasteiger partial charge in [0.05, 0.1) is 18.3 Å². The molecule has 2 heterocycles. The van der Waals surface area contributed by atoms with Gasteiger partial charge in [-0.05, 0) is 57.4 Å². The van der Waals surface area contributed by atoms with Crippen molar-refractivity contribution in [2.75, 3.05) is 13.7 Å². The Bertz CT molecular complexity index is 1410. The number of nitrogens with zero attached hydrogens (tertiary/aromatic N) is 1. The molecule has 0 radical (unpaired) electrons. The van der Waals surface area contributed by atoms with Crippen LogP contribution < -0.4 is 15.2 Å². The maximum absolute atomic E-state index is 13.3. The van der Waals surface area contributed by atoms with Crippen molar-refractivity contribution in [2.45, 2.75) is 64.0 Å². The third-order valence-corrected chi connectivity index (χ3v) is 7.71. The molecule has 1 aromatic heterocycles. The second-order valence-electron chi connectivity index (χ2n) is 11.0. The number of aryl methyl sites for hydroxylation is 2. The quantitative estimate of drug-likeness (QED) is 0.445. The lowest BCUT2D eigenvalue weighted by atomic mass is 9.86. The monoisotopic (exact) mass is 514 g/mol. The molecule has 0 spiro atoms. The highest BCUT2D eigenvalue weighted by molar-refractivity contribution is 5.97. The molecule has 7 heteroatoms. The van der Waals surface area contributed by atoms with Crippen molar-refractivity contribution in [3.8, 4) is 22.8 Å². The number of hydrogen-bond acceptors (Lipinski definition) is 7. The van der Waals surface area contributed by atoms with Gasteiger partial charge in [0, 0.05) is 41.5 Å². The van der Waals surface area contributed by atoms with E-state index in [9.17, 15) is 14.7 Å². The Hall–Kier alpha value is -3.55. The van der Waals surface area contributed by atoms with Crippen LogP contribution in [0.3, 0.4) is 0 Å². The van der Waals surface area contributed by atoms with Crippen LogP contribution in [0.15, 0.2) is 42.5 Å². The van der Waals surface area contributed by atoms with Crippen molar-refractivity contribution in [3.63, 3.8) is 0 Å². The van der Waals surface area contributed by atoms with Crippen LogP contribution in [0.2, 0.25) is 0 Å². The van der Waals surface area contributed by atoms with Gasteiger partial charge in [0.2, 0.25) is 0 Å². The summed E-state index contributed by atoms with van der Waals surface area (Å²) < 4.78 is 11.5. The summed E-state index contributed by atoms with van der Waals surface area (Å²) in [6.07, 6.45) is 1.69. The Morgan fingerprint density at radius 2 is 1.95 bits per heavy atom. The zero-order valence-corrected chi connectivity index (χ0v) is 22.4. The number of rotatable bonds is 7. The number of fused-ring (bicyclic) bond motifs is 2. The van der Waals surface area contributed by atoms with Gasteiger partial charge in [0.1, 0.15) is 29.4 Å². The van der Waals surface area contributed by atoms with Crippen molar-refractivity contribution in [1.82, 2.24) is 4.98 Å². The molecule has 0 amide bonds. The summed E-state index contributed by atoms with van der Waals surface area (Å²) in [6.45, 7) is 5.91. The van der Waals surface area contributed by atoms with E-state index in [-0.39, 0.29) is 24.4 Å². The Balaban J connectivity index is 1.43. The van der Waals surface area contributed by atoms with Gasteiger partial charge in [-0.2, -0.15) is 0 Å². The molecule has 0 saturated carbocycles. The normalized spacial score (nSPS) is 19.8. The first-order chi connectivity index (χ1) is 18.0. The van der Waals surface area contributed by atoms with Crippen molar-refractivity contribution >= 4 is 11.6 Å². The fraction of sp³-hybridized carbons (Fsp3) is 0.387. The van der Waals surface area contributed by atoms with Crippen molar-refractivity contribution in [1.29, 1.82) is 0 Å². The van der Waals surface area contributed by atoms with E-state index in [4.69, 9.17) is 20.2 Å². The summed E-state index contributed by atoms with van der Waals surface area (Å²) in [4.78, 5) is 30.0. The minimum atomic E-state index is -1.38. The van der Waals surface area contributed by atoms with Crippen LogP contribution in [0, 0.1) is 6.92 Å². The predicted octanol–water partition coefficient (Wildman–Crippen LogP) is 4.56. The average Bonchev–Trinajstić information content (AvgIpc) is 3.21. The average molecular weight is 515 g/mol. The van der Waals surface area contributed by atoms with Crippen LogP contribution in [0.5, 0.6) is 11.5 Å². The molecule has 7 nitrogen and oxygen atoms in total. The lowest BCUT2D eigenvalue weighted by Crippen LogP contribution is -2.35. The Morgan fingerprint density at radius 3 is 2.66 bits per heavy atom. The molecule has 2 unspecified atom stereocenters. The fourth-order valence-electron chi connectivity index (χ4n) is 5.25. The number of nitrogens with two attached hydrogens (primary N) is 1. The third kappa shape index (κ3) is 4.84. The lowest BCUT2D eigenvalue weighted by molar-refractivity contribution is -0.118. The van der Waals surface area contributed by atoms with E-state index in [2.05, 4.69) is 0 Å². The molecular weight excluding hydrogens is 480 g/mol. The van der Waals surface area contributed by atoms with Gasteiger partial charge < -0.3 is 20.3 Å². The van der Waals surface area contributed by atoms with Gasteiger partial charge in [-0.15, -0.1) is 0 Å². The Labute approximate surface area is 223 Å². The van der Waals surface area contributed by atoms with Gasteiger partial charge in [-0.3, -0.25) is 9.59 Å². The number of benzene rings is 2. The summed E-state index contributed by atoms with van der Waals surface area (Å²) in [5, 5.41) is 11.6. The number of pyridine rings is 1. The van der Waals surface area contributed by atoms with Gasteiger partial charge in [-0.1, -0.05) is 29.8 Å². The number of ketones is 2. The molecule has 2 aliphatic rings. The summed E-state index contributed by atoms with van der Waals surface area (Å²) in [7, 11) is 1.55. The van der Waals surface area contributed by atoms with E-state index in [1.807, 2.05) is 50.2 Å². The molecule has 0 bridgehead atoms. The van der Waals surface area contributed by atoms with E-state index in [0.29, 0.717) is 54.3 Å². The van der Waals surface area contributed by atoms with E-state index >= 15 is 0 Å². The van der Waals surface area contributed by atoms with Crippen LogP contribution in [-0.2, 0) is 28.8 Å². The number of Topliss-reactive ketones (excluding diaryl/α,β-unsaturated/α-hetero) is 2. The molecule has 3 aromatic rings. The Kier molecular flexibility index (Phi) is 6.61. The molecule has 0 saturated heterocycles. The first-order valence-electron chi connectivity index (χ1n) is 13.0. The molecule has 5 rings (SSSR count). The van der Waals surface area contributed by atoms with Crippen LogP contribution in [0.1, 0.15) is 71.4 Å². The molecule has 0 fully saturated rings. The van der Waals surface area contributed by atoms with Crippen LogP contribution in [0.25, 0.3) is 11.3 Å². The smallest absolute Gasteiger partial charge is 0.163 e. The summed E-state index contributed by atoms with van der Waals surface area (Å²) in [5.41, 5.74) is 10.7. The minimum Gasteiger partial charge on any atom is -0.496 e. The van der Waals surface area contributed by atoms with Gasteiger partial charge in [0.15, 0.2) is 11.5 Å². The first-order valence-corrected chi connectivity index (χ1v) is 13.0. The highest BCUT2D eigenvalue weighted by Gasteiger charge is 2.38. The Morgan fingerprint density at radius 1 is 1.21 bits per heavy atom. The number of aromatic nitrogens is 1. The maximum atomic E-state index is 13.3. The molecule has 38 heavy (non-hydrogen) atoms. The number of carbonyl (C=O) groups excluding carboxylic acids is 2. The highest BCUT2D eigenvalue weighted by Crippen LogP contribution is 2.44. The summed E-state index contributed by atoms with van der Waals surface area (Å²) >= 11 is 0. The van der Waals surface area contributed by atoms with Crippen LogP contribution in [0.4, 0.5) is 0 Å². The predicted molar refractivity (Wildman–Crippen MR) is 145 cm³/mol. The lowest BCUT2D eigenvalue weighted by Gasteiger charge is -2.26. The van der Waals surface area contributed by atoms with Crippen molar-refractivity contribution in [2.24, 2.45) is 5.73 Å². The molecule has 2 aromatic carbocycles. The van der Waals surface area contributed by atoms with E-state index in [0.717, 1.165) is 27.8 Å². The standard InChI is InChI=1S/C31H34N2O5/c1-18-5-7-19(8-6-18)28-29-24(30(2,32)17-38-29)16-27(33-28)31(3,36)12-11-25(35)21-13-20-9-10-22(34)15-23(20)26(14-21)37-4/h5-8,13-14,16,36H,9-12,15,17,32H2,1-4H3. The number of methoxy groups -OCH3 is 1. The number of carbonyl (C=O) groups is 2. The molecule has 198 valence electrons. The molecular formula is C31H34N2O5. The topological polar surface area (TPSA) is 112 Å². The number of ether oxygens (including phenoxy) is 2. The van der Waals surface area contributed by atoms with E-state index in [1.54, 1.807) is 20.1 Å². The summed E-state index contributed by atoms with van der Waals surface area (Å²) in [5.74, 6) is 1.27. The van der Waals surface area contributed by atoms with Crippen LogP contribution in [-0.4, -0.2) is 35.4 Å². The second-order valence-corrected chi connectivity index (χ2v) is 11.0. The SMILES string of the molecule is COc1cc(C(=O)CCC(C)(O)c2cc3c(c(-c4ccc(C)cc4)n2)OCC3(C)N)cc2c1CC(=O)CC2. The van der Waals surface area contributed by atoms with Crippen LogP contribution >= 0.6 is 0 Å². The van der Waals surface area contributed by atoms with E-state index in [1.165, 1.54) is 0 Å².